The van der Waals surface area contributed by atoms with Gasteiger partial charge in [-0.05, 0) is 18.4 Å². The van der Waals surface area contributed by atoms with Crippen LogP contribution in [0.15, 0.2) is 18.2 Å². The molecule has 0 aliphatic carbocycles. The number of benzene rings is 1. The van der Waals surface area contributed by atoms with Gasteiger partial charge in [0.2, 0.25) is 5.91 Å². The predicted molar refractivity (Wildman–Crippen MR) is 78.6 cm³/mol. The minimum Gasteiger partial charge on any atom is -0.366 e. The Balaban J connectivity index is 2.23. The standard InChI is InChI=1S/C14H20N4O3/c1-9-4-12(15)8-17(6-9)7-11-3-2-10(14(16)19)5-13(11)18(20)21/h2-3,5,9,12H,4,6-8,15H2,1H3,(H2,16,19). The molecule has 1 saturated heterocycles. The van der Waals surface area contributed by atoms with Gasteiger partial charge in [-0.1, -0.05) is 13.0 Å². The van der Waals surface area contributed by atoms with Gasteiger partial charge in [0, 0.05) is 42.9 Å². The van der Waals surface area contributed by atoms with E-state index in [1.54, 1.807) is 6.07 Å². The second-order valence-corrected chi connectivity index (χ2v) is 5.76. The van der Waals surface area contributed by atoms with Crippen molar-refractivity contribution in [2.45, 2.75) is 25.9 Å². The number of piperidine rings is 1. The van der Waals surface area contributed by atoms with Crippen molar-refractivity contribution in [2.75, 3.05) is 13.1 Å². The fourth-order valence-corrected chi connectivity index (χ4v) is 2.90. The summed E-state index contributed by atoms with van der Waals surface area (Å²) in [7, 11) is 0. The van der Waals surface area contributed by atoms with E-state index in [-0.39, 0.29) is 17.3 Å². The van der Waals surface area contributed by atoms with Gasteiger partial charge in [-0.15, -0.1) is 0 Å². The zero-order valence-corrected chi connectivity index (χ0v) is 12.0. The van der Waals surface area contributed by atoms with Gasteiger partial charge < -0.3 is 11.5 Å². The zero-order chi connectivity index (χ0) is 15.6. The van der Waals surface area contributed by atoms with Crippen molar-refractivity contribution in [3.05, 3.63) is 39.4 Å². The average Bonchev–Trinajstić information content (AvgIpc) is 2.37. The first-order chi connectivity index (χ1) is 9.86. The lowest BCUT2D eigenvalue weighted by Gasteiger charge is -2.34. The molecule has 0 aromatic heterocycles. The second kappa shape index (κ2) is 6.19. The molecule has 0 radical (unpaired) electrons. The second-order valence-electron chi connectivity index (χ2n) is 5.76. The molecule has 0 spiro atoms. The van der Waals surface area contributed by atoms with Crippen LogP contribution in [0.25, 0.3) is 0 Å². The van der Waals surface area contributed by atoms with Crippen LogP contribution in [0.1, 0.15) is 29.3 Å². The normalized spacial score (nSPS) is 23.0. The molecular formula is C14H20N4O3. The van der Waals surface area contributed by atoms with Crippen molar-refractivity contribution < 1.29 is 9.72 Å². The number of likely N-dealkylation sites (tertiary alicyclic amines) is 1. The molecule has 1 aromatic rings. The maximum Gasteiger partial charge on any atom is 0.274 e. The molecule has 4 N–H and O–H groups in total. The van der Waals surface area contributed by atoms with Gasteiger partial charge in [-0.3, -0.25) is 19.8 Å². The molecule has 0 bridgehead atoms. The van der Waals surface area contributed by atoms with E-state index in [4.69, 9.17) is 11.5 Å². The molecule has 1 fully saturated rings. The van der Waals surface area contributed by atoms with Crippen LogP contribution in [0.4, 0.5) is 5.69 Å². The molecule has 1 aromatic carbocycles. The van der Waals surface area contributed by atoms with Crippen molar-refractivity contribution in [1.29, 1.82) is 0 Å². The highest BCUT2D eigenvalue weighted by atomic mass is 16.6. The number of rotatable bonds is 4. The molecule has 7 nitrogen and oxygen atoms in total. The number of nitrogens with zero attached hydrogens (tertiary/aromatic N) is 2. The van der Waals surface area contributed by atoms with E-state index in [1.165, 1.54) is 12.1 Å². The lowest BCUT2D eigenvalue weighted by atomic mass is 9.96. The summed E-state index contributed by atoms with van der Waals surface area (Å²) in [6.07, 6.45) is 0.971. The third kappa shape index (κ3) is 3.77. The largest absolute Gasteiger partial charge is 0.366 e. The number of hydrogen-bond acceptors (Lipinski definition) is 5. The summed E-state index contributed by atoms with van der Waals surface area (Å²) in [4.78, 5) is 24.0. The summed E-state index contributed by atoms with van der Waals surface area (Å²) < 4.78 is 0. The monoisotopic (exact) mass is 292 g/mol. The Labute approximate surface area is 123 Å². The predicted octanol–water partition coefficient (Wildman–Crippen LogP) is 0.863. The maximum absolute atomic E-state index is 11.2. The first-order valence-corrected chi connectivity index (χ1v) is 6.92. The quantitative estimate of drug-likeness (QED) is 0.631. The van der Waals surface area contributed by atoms with E-state index in [9.17, 15) is 14.9 Å². The van der Waals surface area contributed by atoms with E-state index in [0.29, 0.717) is 18.0 Å². The van der Waals surface area contributed by atoms with Gasteiger partial charge in [0.05, 0.1) is 4.92 Å². The van der Waals surface area contributed by atoms with Crippen LogP contribution >= 0.6 is 0 Å². The van der Waals surface area contributed by atoms with E-state index < -0.39 is 10.8 Å². The van der Waals surface area contributed by atoms with Crippen LogP contribution in [0.2, 0.25) is 0 Å². The Bertz CT molecular complexity index is 551. The van der Waals surface area contributed by atoms with Gasteiger partial charge in [-0.25, -0.2) is 0 Å². The summed E-state index contributed by atoms with van der Waals surface area (Å²) in [5.41, 5.74) is 11.8. The minimum absolute atomic E-state index is 0.0712. The Morgan fingerprint density at radius 2 is 2.19 bits per heavy atom. The van der Waals surface area contributed by atoms with Crippen molar-refractivity contribution in [3.63, 3.8) is 0 Å². The third-order valence-electron chi connectivity index (χ3n) is 3.73. The molecule has 2 atom stereocenters. The SMILES string of the molecule is CC1CC(N)CN(Cc2ccc(C(N)=O)cc2[N+](=O)[O-])C1. The molecule has 0 saturated carbocycles. The smallest absolute Gasteiger partial charge is 0.274 e. The van der Waals surface area contributed by atoms with Crippen LogP contribution in [0.3, 0.4) is 0 Å². The Morgan fingerprint density at radius 1 is 1.48 bits per heavy atom. The first-order valence-electron chi connectivity index (χ1n) is 6.92. The number of nitro groups is 1. The number of nitrogens with two attached hydrogens (primary N) is 2. The topological polar surface area (TPSA) is 115 Å². The van der Waals surface area contributed by atoms with Gasteiger partial charge in [-0.2, -0.15) is 0 Å². The van der Waals surface area contributed by atoms with Crippen LogP contribution < -0.4 is 11.5 Å². The van der Waals surface area contributed by atoms with E-state index in [1.807, 2.05) is 0 Å². The average molecular weight is 292 g/mol. The molecule has 1 amide bonds. The number of primary amides is 1. The third-order valence-corrected chi connectivity index (χ3v) is 3.73. The van der Waals surface area contributed by atoms with Crippen LogP contribution in [0, 0.1) is 16.0 Å². The van der Waals surface area contributed by atoms with E-state index in [2.05, 4.69) is 11.8 Å². The Kier molecular flexibility index (Phi) is 4.54. The van der Waals surface area contributed by atoms with Crippen LogP contribution in [-0.2, 0) is 6.54 Å². The van der Waals surface area contributed by atoms with Gasteiger partial charge in [0.15, 0.2) is 0 Å². The van der Waals surface area contributed by atoms with Gasteiger partial charge in [0.25, 0.3) is 5.69 Å². The summed E-state index contributed by atoms with van der Waals surface area (Å²) in [5.74, 6) is -0.198. The summed E-state index contributed by atoms with van der Waals surface area (Å²) in [6, 6.07) is 4.46. The lowest BCUT2D eigenvalue weighted by Crippen LogP contribution is -2.45. The number of nitro benzene ring substituents is 1. The maximum atomic E-state index is 11.2. The Morgan fingerprint density at radius 3 is 2.76 bits per heavy atom. The molecule has 114 valence electrons. The molecule has 2 rings (SSSR count). The number of carbonyl (C=O) groups is 1. The highest BCUT2D eigenvalue weighted by Gasteiger charge is 2.25. The van der Waals surface area contributed by atoms with Crippen molar-refractivity contribution in [2.24, 2.45) is 17.4 Å². The molecule has 1 aliphatic rings. The first kappa shape index (κ1) is 15.4. The summed E-state index contributed by atoms with van der Waals surface area (Å²) in [6.45, 7) is 4.16. The summed E-state index contributed by atoms with van der Waals surface area (Å²) >= 11 is 0. The highest BCUT2D eigenvalue weighted by Crippen LogP contribution is 2.24. The van der Waals surface area contributed by atoms with Crippen LogP contribution in [0.5, 0.6) is 0 Å². The fourth-order valence-electron chi connectivity index (χ4n) is 2.90. The molecule has 7 heteroatoms. The number of hydrogen-bond donors (Lipinski definition) is 2. The lowest BCUT2D eigenvalue weighted by molar-refractivity contribution is -0.385. The van der Waals surface area contributed by atoms with Crippen LogP contribution in [-0.4, -0.2) is 34.9 Å². The van der Waals surface area contributed by atoms with Gasteiger partial charge in [0.1, 0.15) is 0 Å². The van der Waals surface area contributed by atoms with Crippen molar-refractivity contribution in [3.8, 4) is 0 Å². The highest BCUT2D eigenvalue weighted by molar-refractivity contribution is 5.93. The molecule has 21 heavy (non-hydrogen) atoms. The molecule has 1 heterocycles. The van der Waals surface area contributed by atoms with Gasteiger partial charge >= 0.3 is 0 Å². The van der Waals surface area contributed by atoms with E-state index in [0.717, 1.165) is 19.5 Å². The Hall–Kier alpha value is -1.99. The van der Waals surface area contributed by atoms with Crippen molar-refractivity contribution >= 4 is 11.6 Å². The summed E-state index contributed by atoms with van der Waals surface area (Å²) in [5, 5.41) is 11.2. The zero-order valence-electron chi connectivity index (χ0n) is 12.0. The fraction of sp³-hybridized carbons (Fsp3) is 0.500. The number of amides is 1. The number of carbonyl (C=O) groups excluding carboxylic acids is 1. The minimum atomic E-state index is -0.668. The molecular weight excluding hydrogens is 272 g/mol. The van der Waals surface area contributed by atoms with E-state index >= 15 is 0 Å². The molecule has 1 aliphatic heterocycles. The van der Waals surface area contributed by atoms with Crippen molar-refractivity contribution in [1.82, 2.24) is 4.90 Å². The molecule has 2 unspecified atom stereocenters.